The van der Waals surface area contributed by atoms with Crippen LogP contribution >= 0.6 is 7.82 Å². The number of hydrogen-bond acceptors (Lipinski definition) is 9. The van der Waals surface area contributed by atoms with Gasteiger partial charge < -0.3 is 30.1 Å². The van der Waals surface area contributed by atoms with Crippen LogP contribution in [0, 0.1) is 0 Å². The molecule has 132 valence electrons. The molecule has 1 fully saturated rings. The number of aromatic nitrogens is 3. The number of nitrogens with zero attached hydrogens (tertiary/aromatic N) is 3. The maximum atomic E-state index is 11.3. The van der Waals surface area contributed by atoms with Gasteiger partial charge in [0.25, 0.3) is 0 Å². The number of hydrogen-bond donors (Lipinski definition) is 4. The molecule has 1 saturated heterocycles. The summed E-state index contributed by atoms with van der Waals surface area (Å²) in [5.41, 5.74) is 6.18. The van der Waals surface area contributed by atoms with Gasteiger partial charge in [0.2, 0.25) is 0 Å². The lowest BCUT2D eigenvalue weighted by atomic mass is 10.1. The van der Waals surface area contributed by atoms with Crippen LogP contribution in [0.3, 0.4) is 0 Å². The predicted molar refractivity (Wildman–Crippen MR) is 80.7 cm³/mol. The normalized spacial score (nSPS) is 29.8. The highest BCUT2D eigenvalue weighted by molar-refractivity contribution is 7.47. The van der Waals surface area contributed by atoms with E-state index in [0.717, 1.165) is 7.11 Å². The second-order valence-electron chi connectivity index (χ2n) is 5.21. The van der Waals surface area contributed by atoms with Gasteiger partial charge in [0.05, 0.1) is 12.0 Å². The highest BCUT2D eigenvalue weighted by Gasteiger charge is 2.45. The molecule has 0 spiro atoms. The molecule has 0 radical (unpaired) electrons. The Labute approximate surface area is 136 Å². The number of nitrogen functional groups attached to an aromatic ring is 1. The van der Waals surface area contributed by atoms with E-state index >= 15 is 0 Å². The van der Waals surface area contributed by atoms with Gasteiger partial charge in [0, 0.05) is 13.3 Å². The first-order valence-corrected chi connectivity index (χ1v) is 8.45. The summed E-state index contributed by atoms with van der Waals surface area (Å²) in [4.78, 5) is 17.2. The number of aliphatic hydroxyl groups is 2. The van der Waals surface area contributed by atoms with Gasteiger partial charge in [-0.05, 0) is 6.07 Å². The monoisotopic (exact) mass is 360 g/mol. The number of rotatable bonds is 5. The van der Waals surface area contributed by atoms with Gasteiger partial charge in [-0.25, -0.2) is 14.5 Å². The molecule has 2 aromatic rings. The van der Waals surface area contributed by atoms with Crippen molar-refractivity contribution in [3.05, 3.63) is 18.6 Å². The zero-order valence-corrected chi connectivity index (χ0v) is 13.5. The summed E-state index contributed by atoms with van der Waals surface area (Å²) in [6, 6.07) is 1.66. The van der Waals surface area contributed by atoms with Crippen molar-refractivity contribution >= 4 is 24.7 Å². The van der Waals surface area contributed by atoms with Gasteiger partial charge in [0.15, 0.2) is 6.23 Å². The molecule has 0 aromatic carbocycles. The van der Waals surface area contributed by atoms with Crippen molar-refractivity contribution < 1.29 is 33.5 Å². The van der Waals surface area contributed by atoms with Gasteiger partial charge in [0.1, 0.15) is 36.1 Å². The molecule has 11 nitrogen and oxygen atoms in total. The van der Waals surface area contributed by atoms with Crippen LogP contribution in [0.4, 0.5) is 5.82 Å². The summed E-state index contributed by atoms with van der Waals surface area (Å²) >= 11 is 0. The Balaban J connectivity index is 1.82. The summed E-state index contributed by atoms with van der Waals surface area (Å²) in [5, 5.41) is 20.9. The van der Waals surface area contributed by atoms with E-state index < -0.39 is 39.0 Å². The molecule has 1 aliphatic rings. The van der Waals surface area contributed by atoms with Gasteiger partial charge in [-0.3, -0.25) is 9.05 Å². The first kappa shape index (κ1) is 17.2. The third-order valence-electron chi connectivity index (χ3n) is 3.78. The number of aliphatic hydroxyl groups excluding tert-OH is 2. The molecule has 3 rings (SSSR count). The van der Waals surface area contributed by atoms with Crippen LogP contribution in [-0.4, -0.2) is 61.7 Å². The molecule has 1 aliphatic heterocycles. The molecule has 2 aromatic heterocycles. The third-order valence-corrected chi connectivity index (χ3v) is 4.72. The fourth-order valence-electron chi connectivity index (χ4n) is 2.51. The zero-order chi connectivity index (χ0) is 17.5. The quantitative estimate of drug-likeness (QED) is 0.506. The first-order chi connectivity index (χ1) is 11.3. The maximum Gasteiger partial charge on any atom is 0.472 e. The minimum Gasteiger partial charge on any atom is -0.387 e. The van der Waals surface area contributed by atoms with Crippen LogP contribution in [-0.2, 0) is 18.3 Å². The summed E-state index contributed by atoms with van der Waals surface area (Å²) in [7, 11) is -3.20. The van der Waals surface area contributed by atoms with Crippen molar-refractivity contribution in [1.29, 1.82) is 0 Å². The van der Waals surface area contributed by atoms with Crippen LogP contribution in [0.1, 0.15) is 6.23 Å². The largest absolute Gasteiger partial charge is 0.472 e. The standard InChI is InChI=1S/C12H17N4O7P/c1-21-24(19,20)22-4-7-8(17)9(18)12(23-7)16-3-2-6-10(13)14-5-15-11(6)16/h2-3,5,7-9,12,17-18H,4H2,1H3,(H,19,20)(H2,13,14,15)/t7-,8+,9+,12-/m0/s1. The second kappa shape index (κ2) is 6.37. The summed E-state index contributed by atoms with van der Waals surface area (Å²) in [6.07, 6.45) is -1.77. The Morgan fingerprint density at radius 3 is 2.88 bits per heavy atom. The number of phosphoric ester groups is 1. The van der Waals surface area contributed by atoms with E-state index in [4.69, 9.17) is 15.0 Å². The smallest absolute Gasteiger partial charge is 0.387 e. The van der Waals surface area contributed by atoms with E-state index in [1.165, 1.54) is 10.9 Å². The Kier molecular flexibility index (Phi) is 4.58. The fraction of sp³-hybridized carbons (Fsp3) is 0.500. The van der Waals surface area contributed by atoms with E-state index in [2.05, 4.69) is 14.5 Å². The van der Waals surface area contributed by atoms with Crippen molar-refractivity contribution in [2.75, 3.05) is 19.5 Å². The lowest BCUT2D eigenvalue weighted by Gasteiger charge is -2.17. The minimum atomic E-state index is -4.21. The average molecular weight is 360 g/mol. The van der Waals surface area contributed by atoms with Gasteiger partial charge in [-0.15, -0.1) is 0 Å². The maximum absolute atomic E-state index is 11.3. The fourth-order valence-corrected chi connectivity index (χ4v) is 2.95. The van der Waals surface area contributed by atoms with Crippen LogP contribution in [0.15, 0.2) is 18.6 Å². The number of ether oxygens (including phenoxy) is 1. The molecule has 0 saturated carbocycles. The molecule has 0 aliphatic carbocycles. The van der Waals surface area contributed by atoms with E-state index in [0.29, 0.717) is 11.0 Å². The summed E-state index contributed by atoms with van der Waals surface area (Å²) in [6.45, 7) is -0.438. The van der Waals surface area contributed by atoms with E-state index in [1.54, 1.807) is 12.3 Å². The Morgan fingerprint density at radius 2 is 2.17 bits per heavy atom. The molecule has 5 N–H and O–H groups in total. The second-order valence-corrected chi connectivity index (χ2v) is 6.77. The number of anilines is 1. The van der Waals surface area contributed by atoms with E-state index in [1.807, 2.05) is 0 Å². The van der Waals surface area contributed by atoms with Crippen molar-refractivity contribution in [2.45, 2.75) is 24.5 Å². The summed E-state index contributed by atoms with van der Waals surface area (Å²) < 4.78 is 27.4. The minimum absolute atomic E-state index is 0.271. The van der Waals surface area contributed by atoms with Crippen LogP contribution in [0.25, 0.3) is 11.0 Å². The number of phosphoric acid groups is 1. The molecule has 5 atom stereocenters. The van der Waals surface area contributed by atoms with Gasteiger partial charge in [-0.1, -0.05) is 0 Å². The van der Waals surface area contributed by atoms with Crippen molar-refractivity contribution in [3.8, 4) is 0 Å². The highest BCUT2D eigenvalue weighted by Crippen LogP contribution is 2.43. The van der Waals surface area contributed by atoms with E-state index in [9.17, 15) is 19.7 Å². The van der Waals surface area contributed by atoms with Crippen molar-refractivity contribution in [2.24, 2.45) is 0 Å². The van der Waals surface area contributed by atoms with Gasteiger partial charge >= 0.3 is 7.82 Å². The van der Waals surface area contributed by atoms with Crippen LogP contribution < -0.4 is 5.73 Å². The molecule has 3 heterocycles. The Morgan fingerprint density at radius 1 is 1.42 bits per heavy atom. The topological polar surface area (TPSA) is 162 Å². The van der Waals surface area contributed by atoms with Gasteiger partial charge in [-0.2, -0.15) is 0 Å². The lowest BCUT2D eigenvalue weighted by molar-refractivity contribution is -0.0506. The van der Waals surface area contributed by atoms with Crippen molar-refractivity contribution in [3.63, 3.8) is 0 Å². The molecule has 12 heteroatoms. The molecule has 0 amide bonds. The molecule has 0 bridgehead atoms. The molecular formula is C12H17N4O7P. The van der Waals surface area contributed by atoms with Crippen molar-refractivity contribution in [1.82, 2.24) is 14.5 Å². The Hall–Kier alpha value is -1.59. The average Bonchev–Trinajstić information content (AvgIpc) is 3.10. The lowest BCUT2D eigenvalue weighted by Crippen LogP contribution is -2.33. The van der Waals surface area contributed by atoms with Crippen LogP contribution in [0.2, 0.25) is 0 Å². The summed E-state index contributed by atoms with van der Waals surface area (Å²) in [5.74, 6) is 0.271. The number of nitrogens with two attached hydrogens (primary N) is 1. The van der Waals surface area contributed by atoms with Crippen LogP contribution in [0.5, 0.6) is 0 Å². The van der Waals surface area contributed by atoms with E-state index in [-0.39, 0.29) is 5.82 Å². The SMILES string of the molecule is COP(=O)(O)OC[C@@H]1O[C@H](n2ccc3c(N)ncnc32)[C@H](O)[C@@H]1O. The predicted octanol–water partition coefficient (Wildman–Crippen LogP) is -0.604. The Bertz CT molecular complexity index is 784. The highest BCUT2D eigenvalue weighted by atomic mass is 31.2. The number of fused-ring (bicyclic) bond motifs is 1. The molecule has 1 unspecified atom stereocenters. The first-order valence-electron chi connectivity index (χ1n) is 6.95. The third kappa shape index (κ3) is 3.03. The molecular weight excluding hydrogens is 343 g/mol. The molecule has 24 heavy (non-hydrogen) atoms. The zero-order valence-electron chi connectivity index (χ0n) is 12.6.